The number of nitriles is 1. The van der Waals surface area contributed by atoms with Crippen LogP contribution in [-0.4, -0.2) is 41.8 Å². The van der Waals surface area contributed by atoms with Crippen molar-refractivity contribution in [1.82, 2.24) is 5.32 Å². The van der Waals surface area contributed by atoms with Gasteiger partial charge in [-0.3, -0.25) is 9.59 Å². The third kappa shape index (κ3) is 3.35. The van der Waals surface area contributed by atoms with Crippen LogP contribution in [0.25, 0.3) is 0 Å². The lowest BCUT2D eigenvalue weighted by Gasteiger charge is -2.35. The van der Waals surface area contributed by atoms with E-state index in [2.05, 4.69) is 5.32 Å². The van der Waals surface area contributed by atoms with Crippen LogP contribution < -0.4 is 10.2 Å². The second kappa shape index (κ2) is 7.45. The second-order valence-corrected chi connectivity index (χ2v) is 8.94. The van der Waals surface area contributed by atoms with Gasteiger partial charge in [0.05, 0.1) is 58.6 Å². The summed E-state index contributed by atoms with van der Waals surface area (Å²) in [6.45, 7) is 5.32. The largest absolute Gasteiger partial charge is 0.450 e. The average molecular weight is 465 g/mol. The molecular weight excluding hydrogens is 443 g/mol. The molecule has 11 heteroatoms. The highest BCUT2D eigenvalue weighted by atomic mass is 19.4. The summed E-state index contributed by atoms with van der Waals surface area (Å²) in [5.41, 5.74) is -4.43. The highest BCUT2D eigenvalue weighted by Gasteiger charge is 2.76. The molecule has 1 aromatic carbocycles. The first-order valence-corrected chi connectivity index (χ1v) is 10.5. The Bertz CT molecular complexity index is 1080. The number of fused-ring (bicyclic) bond motifs is 5. The Hall–Kier alpha value is -3.13. The summed E-state index contributed by atoms with van der Waals surface area (Å²) >= 11 is 0. The van der Waals surface area contributed by atoms with E-state index in [-0.39, 0.29) is 18.7 Å². The number of hydrogen-bond donors (Lipinski definition) is 1. The maximum atomic E-state index is 13.4. The molecule has 4 rings (SSSR count). The molecule has 3 saturated heterocycles. The lowest BCUT2D eigenvalue weighted by atomic mass is 9.66. The van der Waals surface area contributed by atoms with Crippen LogP contribution in [0.5, 0.6) is 0 Å². The van der Waals surface area contributed by atoms with Crippen LogP contribution in [0.15, 0.2) is 18.2 Å². The number of alkyl carbamates (subject to hydrolysis) is 1. The molecule has 3 fully saturated rings. The highest BCUT2D eigenvalue weighted by Crippen LogP contribution is 2.61. The number of hydrogen-bond acceptors (Lipinski definition) is 6. The molecule has 2 bridgehead atoms. The zero-order valence-corrected chi connectivity index (χ0v) is 18.2. The van der Waals surface area contributed by atoms with Gasteiger partial charge in [0.25, 0.3) is 0 Å². The summed E-state index contributed by atoms with van der Waals surface area (Å²) < 4.78 is 51.5. The van der Waals surface area contributed by atoms with Gasteiger partial charge < -0.3 is 14.8 Å². The predicted molar refractivity (Wildman–Crippen MR) is 107 cm³/mol. The van der Waals surface area contributed by atoms with Crippen molar-refractivity contribution < 1.29 is 37.0 Å². The maximum Gasteiger partial charge on any atom is 0.417 e. The first-order valence-electron chi connectivity index (χ1n) is 10.5. The van der Waals surface area contributed by atoms with E-state index in [0.29, 0.717) is 12.5 Å². The number of alkyl halides is 3. The molecule has 1 N–H and O–H groups in total. The van der Waals surface area contributed by atoms with E-state index >= 15 is 0 Å². The fourth-order valence-corrected chi connectivity index (χ4v) is 5.39. The Morgan fingerprint density at radius 2 is 1.97 bits per heavy atom. The van der Waals surface area contributed by atoms with Gasteiger partial charge in [0.1, 0.15) is 0 Å². The molecule has 176 valence electrons. The van der Waals surface area contributed by atoms with E-state index in [1.807, 2.05) is 6.92 Å². The van der Waals surface area contributed by atoms with Gasteiger partial charge >= 0.3 is 12.3 Å². The summed E-state index contributed by atoms with van der Waals surface area (Å²) in [6.07, 6.45) is -4.65. The second-order valence-electron chi connectivity index (χ2n) is 8.94. The lowest BCUT2D eigenvalue weighted by Crippen LogP contribution is -2.56. The van der Waals surface area contributed by atoms with Crippen LogP contribution in [0.4, 0.5) is 23.7 Å². The molecule has 0 aliphatic carbocycles. The van der Waals surface area contributed by atoms with Gasteiger partial charge in [-0.2, -0.15) is 18.4 Å². The SMILES string of the molecule is CCCOC(=O)N[C@H]1C[C@]2(C)O[C@@]1(C)[C@H]1C(=O)N(c3ccc(C#N)c(C(F)(F)F)c3)C(=O)[C@H]12. The first-order chi connectivity index (χ1) is 15.4. The van der Waals surface area contributed by atoms with Crippen molar-refractivity contribution >= 4 is 23.6 Å². The standard InChI is InChI=1S/C22H22F3N3O5/c1-4-7-32-19(31)27-14-9-20(2)15-16(21(14,3)33-20)18(30)28(17(15)29)12-6-5-11(10-26)13(8-12)22(23,24)25/h5-6,8,14-16H,4,7,9H2,1-3H3,(H,27,31)/t14-,15-,16+,20-,21+/m0/s1. The van der Waals surface area contributed by atoms with Crippen molar-refractivity contribution in [2.75, 3.05) is 11.5 Å². The van der Waals surface area contributed by atoms with Crippen molar-refractivity contribution in [2.45, 2.75) is 57.0 Å². The van der Waals surface area contributed by atoms with E-state index in [4.69, 9.17) is 14.7 Å². The zero-order chi connectivity index (χ0) is 24.3. The number of nitrogens with one attached hydrogen (secondary N) is 1. The minimum absolute atomic E-state index is 0.213. The van der Waals surface area contributed by atoms with Gasteiger partial charge in [0.2, 0.25) is 11.8 Å². The Morgan fingerprint density at radius 1 is 1.30 bits per heavy atom. The number of benzene rings is 1. The summed E-state index contributed by atoms with van der Waals surface area (Å²) in [5, 5.41) is 11.7. The van der Waals surface area contributed by atoms with Crippen molar-refractivity contribution in [2.24, 2.45) is 11.8 Å². The molecule has 1 aromatic rings. The van der Waals surface area contributed by atoms with Gasteiger partial charge in [-0.15, -0.1) is 0 Å². The Balaban J connectivity index is 1.68. The predicted octanol–water partition coefficient (Wildman–Crippen LogP) is 3.14. The summed E-state index contributed by atoms with van der Waals surface area (Å²) in [7, 11) is 0. The number of carbonyl (C=O) groups excluding carboxylic acids is 3. The first kappa shape index (κ1) is 23.0. The van der Waals surface area contributed by atoms with Crippen molar-refractivity contribution in [3.8, 4) is 6.07 Å². The van der Waals surface area contributed by atoms with Crippen LogP contribution in [0.2, 0.25) is 0 Å². The van der Waals surface area contributed by atoms with Crippen molar-refractivity contribution in [1.29, 1.82) is 5.26 Å². The Morgan fingerprint density at radius 3 is 2.58 bits per heavy atom. The molecule has 8 nitrogen and oxygen atoms in total. The average Bonchev–Trinajstić information content (AvgIpc) is 3.26. The van der Waals surface area contributed by atoms with Gasteiger partial charge in [-0.05, 0) is 38.5 Å². The maximum absolute atomic E-state index is 13.4. The fourth-order valence-electron chi connectivity index (χ4n) is 5.39. The number of carbonyl (C=O) groups is 3. The van der Waals surface area contributed by atoms with Crippen LogP contribution in [-0.2, 0) is 25.2 Å². The number of rotatable bonds is 4. The third-order valence-corrected chi connectivity index (χ3v) is 6.75. The monoisotopic (exact) mass is 465 g/mol. The van der Waals surface area contributed by atoms with Crippen molar-refractivity contribution in [3.63, 3.8) is 0 Å². The fraction of sp³-hybridized carbons (Fsp3) is 0.545. The molecule has 33 heavy (non-hydrogen) atoms. The number of anilines is 1. The molecule has 3 aliphatic rings. The van der Waals surface area contributed by atoms with E-state index in [1.54, 1.807) is 13.8 Å². The van der Waals surface area contributed by atoms with Crippen molar-refractivity contribution in [3.05, 3.63) is 29.3 Å². The Kier molecular flexibility index (Phi) is 5.20. The molecule has 3 amide bonds. The molecular formula is C22H22F3N3O5. The van der Waals surface area contributed by atoms with Gasteiger partial charge in [0, 0.05) is 6.42 Å². The molecule has 0 aromatic heterocycles. The van der Waals surface area contributed by atoms with E-state index in [0.717, 1.165) is 17.0 Å². The topological polar surface area (TPSA) is 109 Å². The smallest absolute Gasteiger partial charge is 0.417 e. The number of imide groups is 1. The Labute approximate surface area is 187 Å². The van der Waals surface area contributed by atoms with Crippen LogP contribution >= 0.6 is 0 Å². The van der Waals surface area contributed by atoms with E-state index < -0.39 is 64.3 Å². The number of ether oxygens (including phenoxy) is 2. The number of amides is 3. The molecule has 0 unspecified atom stereocenters. The van der Waals surface area contributed by atoms with Crippen LogP contribution in [0, 0.1) is 23.2 Å². The molecule has 0 spiro atoms. The zero-order valence-electron chi connectivity index (χ0n) is 18.2. The van der Waals surface area contributed by atoms with Crippen LogP contribution in [0.1, 0.15) is 44.7 Å². The molecule has 5 atom stereocenters. The molecule has 0 radical (unpaired) electrons. The number of halogens is 3. The molecule has 3 aliphatic heterocycles. The van der Waals surface area contributed by atoms with E-state index in [1.165, 1.54) is 6.07 Å². The minimum Gasteiger partial charge on any atom is -0.450 e. The van der Waals surface area contributed by atoms with Gasteiger partial charge in [-0.25, -0.2) is 9.69 Å². The third-order valence-electron chi connectivity index (χ3n) is 6.75. The summed E-state index contributed by atoms with van der Waals surface area (Å²) in [4.78, 5) is 39.5. The molecule has 0 saturated carbocycles. The molecule has 3 heterocycles. The van der Waals surface area contributed by atoms with Gasteiger partial charge in [-0.1, -0.05) is 6.92 Å². The lowest BCUT2D eigenvalue weighted by molar-refractivity contribution is -0.138. The van der Waals surface area contributed by atoms with Crippen LogP contribution in [0.3, 0.4) is 0 Å². The summed E-state index contributed by atoms with van der Waals surface area (Å²) in [6, 6.07) is 3.58. The summed E-state index contributed by atoms with van der Waals surface area (Å²) in [5.74, 6) is -3.28. The highest BCUT2D eigenvalue weighted by molar-refractivity contribution is 6.23. The van der Waals surface area contributed by atoms with E-state index in [9.17, 15) is 27.6 Å². The quantitative estimate of drug-likeness (QED) is 0.685. The minimum atomic E-state index is -4.84. The van der Waals surface area contributed by atoms with Gasteiger partial charge in [0.15, 0.2) is 0 Å². The normalized spacial score (nSPS) is 32.6. The number of nitrogens with zero attached hydrogens (tertiary/aromatic N) is 2.